The van der Waals surface area contributed by atoms with Crippen LogP contribution in [0.15, 0.2) is 18.2 Å². The highest BCUT2D eigenvalue weighted by Gasteiger charge is 2.23. The first-order chi connectivity index (χ1) is 11.6. The SMILES string of the molecule is CCOc1cc2c(cc1/C=C/C(=O)N1CCCCC1C)OC(C)C2. The number of ether oxygens (including phenoxy) is 2. The molecule has 1 aromatic rings. The first-order valence-corrected chi connectivity index (χ1v) is 9.03. The van der Waals surface area contributed by atoms with Crippen molar-refractivity contribution in [1.82, 2.24) is 4.90 Å². The van der Waals surface area contributed by atoms with Crippen LogP contribution in [-0.4, -0.2) is 36.1 Å². The predicted octanol–water partition coefficient (Wildman–Crippen LogP) is 3.82. The quantitative estimate of drug-likeness (QED) is 0.788. The van der Waals surface area contributed by atoms with Crippen LogP contribution in [0.25, 0.3) is 6.08 Å². The average molecular weight is 329 g/mol. The third-order valence-corrected chi connectivity index (χ3v) is 4.82. The molecule has 0 spiro atoms. The average Bonchev–Trinajstić information content (AvgIpc) is 2.92. The van der Waals surface area contributed by atoms with Gasteiger partial charge in [-0.05, 0) is 58.2 Å². The Morgan fingerprint density at radius 2 is 2.21 bits per heavy atom. The van der Waals surface area contributed by atoms with Crippen molar-refractivity contribution >= 4 is 12.0 Å². The highest BCUT2D eigenvalue weighted by Crippen LogP contribution is 2.35. The third-order valence-electron chi connectivity index (χ3n) is 4.82. The van der Waals surface area contributed by atoms with E-state index < -0.39 is 0 Å². The van der Waals surface area contributed by atoms with Crippen LogP contribution in [0.3, 0.4) is 0 Å². The summed E-state index contributed by atoms with van der Waals surface area (Å²) in [6.07, 6.45) is 8.04. The first-order valence-electron chi connectivity index (χ1n) is 9.03. The second-order valence-corrected chi connectivity index (χ2v) is 6.77. The number of likely N-dealkylation sites (tertiary alicyclic amines) is 1. The summed E-state index contributed by atoms with van der Waals surface area (Å²) in [5.74, 6) is 1.81. The zero-order chi connectivity index (χ0) is 17.1. The summed E-state index contributed by atoms with van der Waals surface area (Å²) in [7, 11) is 0. The summed E-state index contributed by atoms with van der Waals surface area (Å²) in [5.41, 5.74) is 2.08. The van der Waals surface area contributed by atoms with Crippen LogP contribution >= 0.6 is 0 Å². The largest absolute Gasteiger partial charge is 0.493 e. The van der Waals surface area contributed by atoms with Gasteiger partial charge >= 0.3 is 0 Å². The van der Waals surface area contributed by atoms with Crippen molar-refractivity contribution in [3.63, 3.8) is 0 Å². The number of carbonyl (C=O) groups is 1. The molecule has 4 nitrogen and oxygen atoms in total. The lowest BCUT2D eigenvalue weighted by atomic mass is 10.0. The standard InChI is InChI=1S/C20H27NO3/c1-4-23-18-13-17-11-15(3)24-19(17)12-16(18)8-9-20(22)21-10-6-5-7-14(21)2/h8-9,12-15H,4-7,10-11H2,1-3H3/b9-8+. The molecule has 4 heteroatoms. The molecule has 1 aromatic carbocycles. The molecule has 130 valence electrons. The second-order valence-electron chi connectivity index (χ2n) is 6.77. The lowest BCUT2D eigenvalue weighted by molar-refractivity contribution is -0.129. The van der Waals surface area contributed by atoms with Gasteiger partial charge in [0.05, 0.1) is 6.61 Å². The van der Waals surface area contributed by atoms with Gasteiger partial charge in [-0.25, -0.2) is 0 Å². The van der Waals surface area contributed by atoms with Crippen LogP contribution in [0.5, 0.6) is 11.5 Å². The van der Waals surface area contributed by atoms with E-state index in [4.69, 9.17) is 9.47 Å². The van der Waals surface area contributed by atoms with Crippen molar-refractivity contribution in [2.24, 2.45) is 0 Å². The van der Waals surface area contributed by atoms with Crippen LogP contribution < -0.4 is 9.47 Å². The fourth-order valence-electron chi connectivity index (χ4n) is 3.55. The lowest BCUT2D eigenvalue weighted by Crippen LogP contribution is -2.41. The lowest BCUT2D eigenvalue weighted by Gasteiger charge is -2.32. The van der Waals surface area contributed by atoms with Crippen molar-refractivity contribution in [2.45, 2.75) is 58.6 Å². The Kier molecular flexibility index (Phi) is 5.12. The van der Waals surface area contributed by atoms with E-state index in [-0.39, 0.29) is 12.0 Å². The van der Waals surface area contributed by atoms with Crippen molar-refractivity contribution < 1.29 is 14.3 Å². The summed E-state index contributed by atoms with van der Waals surface area (Å²) < 4.78 is 11.6. The van der Waals surface area contributed by atoms with E-state index in [9.17, 15) is 4.79 Å². The molecule has 1 saturated heterocycles. The van der Waals surface area contributed by atoms with Crippen LogP contribution in [0.1, 0.15) is 51.2 Å². The predicted molar refractivity (Wildman–Crippen MR) is 95.5 cm³/mol. The molecule has 0 aliphatic carbocycles. The van der Waals surface area contributed by atoms with Crippen molar-refractivity contribution in [3.8, 4) is 11.5 Å². The van der Waals surface area contributed by atoms with Gasteiger partial charge in [-0.2, -0.15) is 0 Å². The molecule has 2 heterocycles. The molecule has 3 rings (SSSR count). The Labute approximate surface area is 144 Å². The summed E-state index contributed by atoms with van der Waals surface area (Å²) >= 11 is 0. The maximum absolute atomic E-state index is 12.5. The van der Waals surface area contributed by atoms with Gasteiger partial charge in [0.2, 0.25) is 5.91 Å². The Balaban J connectivity index is 1.80. The summed E-state index contributed by atoms with van der Waals surface area (Å²) in [6, 6.07) is 4.37. The Hall–Kier alpha value is -1.97. The van der Waals surface area contributed by atoms with Crippen LogP contribution in [0, 0.1) is 0 Å². The second kappa shape index (κ2) is 7.29. The number of hydrogen-bond donors (Lipinski definition) is 0. The van der Waals surface area contributed by atoms with E-state index in [2.05, 4.69) is 19.9 Å². The highest BCUT2D eigenvalue weighted by molar-refractivity contribution is 5.92. The molecule has 0 saturated carbocycles. The van der Waals surface area contributed by atoms with Gasteiger partial charge in [0.15, 0.2) is 0 Å². The number of piperidine rings is 1. The van der Waals surface area contributed by atoms with Crippen molar-refractivity contribution in [3.05, 3.63) is 29.3 Å². The van der Waals surface area contributed by atoms with Gasteiger partial charge in [0.1, 0.15) is 17.6 Å². The van der Waals surface area contributed by atoms with Gasteiger partial charge in [0, 0.05) is 36.2 Å². The molecule has 1 amide bonds. The van der Waals surface area contributed by atoms with Gasteiger partial charge in [-0.15, -0.1) is 0 Å². The maximum Gasteiger partial charge on any atom is 0.246 e. The van der Waals surface area contributed by atoms with Crippen molar-refractivity contribution in [2.75, 3.05) is 13.2 Å². The van der Waals surface area contributed by atoms with E-state index >= 15 is 0 Å². The highest BCUT2D eigenvalue weighted by atomic mass is 16.5. The minimum atomic E-state index is 0.0828. The molecule has 2 unspecified atom stereocenters. The first kappa shape index (κ1) is 16.9. The Morgan fingerprint density at radius 1 is 1.38 bits per heavy atom. The molecule has 1 fully saturated rings. The van der Waals surface area contributed by atoms with E-state index in [1.54, 1.807) is 6.08 Å². The van der Waals surface area contributed by atoms with Gasteiger partial charge < -0.3 is 14.4 Å². The van der Waals surface area contributed by atoms with Gasteiger partial charge in [0.25, 0.3) is 0 Å². The number of rotatable bonds is 4. The minimum absolute atomic E-state index is 0.0828. The molecule has 2 aliphatic rings. The van der Waals surface area contributed by atoms with Gasteiger partial charge in [-0.3, -0.25) is 4.79 Å². The molecule has 0 bridgehead atoms. The fourth-order valence-corrected chi connectivity index (χ4v) is 3.55. The third kappa shape index (κ3) is 3.58. The molecule has 0 radical (unpaired) electrons. The zero-order valence-electron chi connectivity index (χ0n) is 14.9. The minimum Gasteiger partial charge on any atom is -0.493 e. The zero-order valence-corrected chi connectivity index (χ0v) is 14.9. The fraction of sp³-hybridized carbons (Fsp3) is 0.550. The smallest absolute Gasteiger partial charge is 0.246 e. The molecule has 2 atom stereocenters. The van der Waals surface area contributed by atoms with E-state index in [1.165, 1.54) is 12.0 Å². The topological polar surface area (TPSA) is 38.8 Å². The van der Waals surface area contributed by atoms with E-state index in [1.807, 2.05) is 24.0 Å². The molecule has 0 N–H and O–H groups in total. The summed E-state index contributed by atoms with van der Waals surface area (Å²) in [6.45, 7) is 7.62. The van der Waals surface area contributed by atoms with E-state index in [0.717, 1.165) is 42.9 Å². The number of nitrogens with zero attached hydrogens (tertiary/aromatic N) is 1. The van der Waals surface area contributed by atoms with Crippen molar-refractivity contribution in [1.29, 1.82) is 0 Å². The molecular formula is C20H27NO3. The van der Waals surface area contributed by atoms with Gasteiger partial charge in [-0.1, -0.05) is 0 Å². The van der Waals surface area contributed by atoms with Crippen LogP contribution in [0.4, 0.5) is 0 Å². The number of benzene rings is 1. The molecule has 0 aromatic heterocycles. The number of amides is 1. The van der Waals surface area contributed by atoms with Crippen LogP contribution in [-0.2, 0) is 11.2 Å². The normalized spacial score (nSPS) is 23.2. The molecular weight excluding hydrogens is 302 g/mol. The number of fused-ring (bicyclic) bond motifs is 1. The van der Waals surface area contributed by atoms with E-state index in [0.29, 0.717) is 12.6 Å². The number of hydrogen-bond acceptors (Lipinski definition) is 3. The Morgan fingerprint density at radius 3 is 2.96 bits per heavy atom. The molecule has 2 aliphatic heterocycles. The number of carbonyl (C=O) groups excluding carboxylic acids is 1. The van der Waals surface area contributed by atoms with Crippen LogP contribution in [0.2, 0.25) is 0 Å². The molecule has 24 heavy (non-hydrogen) atoms. The maximum atomic E-state index is 12.5. The monoisotopic (exact) mass is 329 g/mol. The Bertz CT molecular complexity index is 638. The summed E-state index contributed by atoms with van der Waals surface area (Å²) in [4.78, 5) is 14.5. The summed E-state index contributed by atoms with van der Waals surface area (Å²) in [5, 5.41) is 0.